The fourth-order valence-corrected chi connectivity index (χ4v) is 1.69. The van der Waals surface area contributed by atoms with Crippen molar-refractivity contribution < 1.29 is 9.53 Å². The molecule has 0 aromatic carbocycles. The van der Waals surface area contributed by atoms with E-state index in [4.69, 9.17) is 4.74 Å². The molecule has 13 heavy (non-hydrogen) atoms. The van der Waals surface area contributed by atoms with Crippen LogP contribution in [0, 0.1) is 5.92 Å². The van der Waals surface area contributed by atoms with E-state index in [0.29, 0.717) is 6.61 Å². The molecule has 70 valence electrons. The molecule has 4 heteroatoms. The molecule has 0 saturated carbocycles. The molecule has 0 aliphatic heterocycles. The molecule has 2 rings (SSSR count). The van der Waals surface area contributed by atoms with E-state index < -0.39 is 0 Å². The molecular weight excluding hydrogens is 168 g/mol. The van der Waals surface area contributed by atoms with E-state index in [1.165, 1.54) is 0 Å². The number of ether oxygens (including phenoxy) is 1. The number of carbonyl (C=O) groups excluding carboxylic acids is 1. The maximum Gasteiger partial charge on any atom is 0.309 e. The molecule has 1 N–H and O–H groups in total. The summed E-state index contributed by atoms with van der Waals surface area (Å²) >= 11 is 0. The molecule has 0 spiro atoms. The van der Waals surface area contributed by atoms with Gasteiger partial charge in [-0.3, -0.25) is 9.89 Å². The number of hydrogen-bond donors (Lipinski definition) is 1. The molecule has 0 radical (unpaired) electrons. The Morgan fingerprint density at radius 1 is 1.77 bits per heavy atom. The van der Waals surface area contributed by atoms with Gasteiger partial charge in [-0.05, 0) is 18.9 Å². The number of esters is 1. The van der Waals surface area contributed by atoms with Crippen LogP contribution in [0.3, 0.4) is 0 Å². The van der Waals surface area contributed by atoms with Crippen molar-refractivity contribution >= 4 is 5.97 Å². The summed E-state index contributed by atoms with van der Waals surface area (Å²) in [6, 6.07) is 0. The second-order valence-electron chi connectivity index (χ2n) is 3.21. The third kappa shape index (κ3) is 1.43. The normalized spacial score (nSPS) is 19.9. The number of nitrogens with one attached hydrogen (secondary N) is 1. The number of nitrogens with zero attached hydrogens (tertiary/aromatic N) is 1. The number of rotatable bonds is 2. The van der Waals surface area contributed by atoms with Gasteiger partial charge in [0.15, 0.2) is 0 Å². The highest BCUT2D eigenvalue weighted by Crippen LogP contribution is 2.25. The number of fused-ring (bicyclic) bond motifs is 1. The third-order valence-corrected chi connectivity index (χ3v) is 2.33. The van der Waals surface area contributed by atoms with Gasteiger partial charge in [0.2, 0.25) is 0 Å². The van der Waals surface area contributed by atoms with E-state index in [0.717, 1.165) is 24.1 Å². The molecule has 1 heterocycles. The van der Waals surface area contributed by atoms with Crippen LogP contribution in [0.1, 0.15) is 18.2 Å². The molecule has 1 aliphatic carbocycles. The molecule has 0 amide bonds. The summed E-state index contributed by atoms with van der Waals surface area (Å²) in [6.07, 6.45) is 3.34. The molecule has 0 saturated heterocycles. The van der Waals surface area contributed by atoms with Gasteiger partial charge in [-0.1, -0.05) is 0 Å². The summed E-state index contributed by atoms with van der Waals surface area (Å²) in [5, 5.41) is 6.85. The van der Waals surface area contributed by atoms with Crippen LogP contribution < -0.4 is 0 Å². The Hall–Kier alpha value is -1.32. The SMILES string of the molecule is CCOC(=O)C1Cc2c[nH]nc2C1. The molecule has 1 aromatic rings. The highest BCUT2D eigenvalue weighted by atomic mass is 16.5. The van der Waals surface area contributed by atoms with Crippen LogP contribution in [0.4, 0.5) is 0 Å². The highest BCUT2D eigenvalue weighted by Gasteiger charge is 2.29. The van der Waals surface area contributed by atoms with Crippen LogP contribution in [0.2, 0.25) is 0 Å². The van der Waals surface area contributed by atoms with Crippen molar-refractivity contribution in [3.63, 3.8) is 0 Å². The number of H-pyrrole nitrogens is 1. The standard InChI is InChI=1S/C9H12N2O2/c1-2-13-9(12)6-3-7-5-10-11-8(7)4-6/h5-6H,2-4H2,1H3,(H,10,11). The first kappa shape index (κ1) is 8.29. The zero-order valence-electron chi connectivity index (χ0n) is 7.54. The largest absolute Gasteiger partial charge is 0.466 e. The lowest BCUT2D eigenvalue weighted by atomic mass is 10.1. The summed E-state index contributed by atoms with van der Waals surface area (Å²) in [4.78, 5) is 11.4. The molecule has 1 aliphatic rings. The smallest absolute Gasteiger partial charge is 0.309 e. The van der Waals surface area contributed by atoms with Crippen molar-refractivity contribution in [2.24, 2.45) is 5.92 Å². The minimum Gasteiger partial charge on any atom is -0.466 e. The van der Waals surface area contributed by atoms with Crippen molar-refractivity contribution in [1.29, 1.82) is 0 Å². The zero-order chi connectivity index (χ0) is 9.26. The molecule has 1 unspecified atom stereocenters. The van der Waals surface area contributed by atoms with E-state index >= 15 is 0 Å². The van der Waals surface area contributed by atoms with E-state index in [2.05, 4.69) is 10.2 Å². The van der Waals surface area contributed by atoms with Crippen molar-refractivity contribution in [2.45, 2.75) is 19.8 Å². The van der Waals surface area contributed by atoms with Crippen LogP contribution >= 0.6 is 0 Å². The van der Waals surface area contributed by atoms with Crippen molar-refractivity contribution in [3.05, 3.63) is 17.5 Å². The van der Waals surface area contributed by atoms with E-state index in [-0.39, 0.29) is 11.9 Å². The van der Waals surface area contributed by atoms with Gasteiger partial charge in [0.1, 0.15) is 0 Å². The average Bonchev–Trinajstić information content (AvgIpc) is 2.61. The van der Waals surface area contributed by atoms with Gasteiger partial charge < -0.3 is 4.74 Å². The Bertz CT molecular complexity index is 299. The first-order valence-electron chi connectivity index (χ1n) is 4.49. The molecule has 4 nitrogen and oxygen atoms in total. The summed E-state index contributed by atoms with van der Waals surface area (Å²) < 4.78 is 4.95. The number of carbonyl (C=O) groups is 1. The van der Waals surface area contributed by atoms with Crippen molar-refractivity contribution in [1.82, 2.24) is 10.2 Å². The van der Waals surface area contributed by atoms with Crippen LogP contribution in [0.25, 0.3) is 0 Å². The fourth-order valence-electron chi connectivity index (χ4n) is 1.69. The Morgan fingerprint density at radius 2 is 2.62 bits per heavy atom. The van der Waals surface area contributed by atoms with Gasteiger partial charge in [0, 0.05) is 12.6 Å². The van der Waals surface area contributed by atoms with E-state index in [1.54, 1.807) is 0 Å². The number of aromatic nitrogens is 2. The predicted molar refractivity (Wildman–Crippen MR) is 46.1 cm³/mol. The lowest BCUT2D eigenvalue weighted by Crippen LogP contribution is -2.18. The second-order valence-corrected chi connectivity index (χ2v) is 3.21. The van der Waals surface area contributed by atoms with E-state index in [1.807, 2.05) is 13.1 Å². The number of hydrogen-bond acceptors (Lipinski definition) is 3. The first-order valence-corrected chi connectivity index (χ1v) is 4.49. The van der Waals surface area contributed by atoms with Crippen LogP contribution in [-0.4, -0.2) is 22.8 Å². The summed E-state index contributed by atoms with van der Waals surface area (Å²) in [6.45, 7) is 2.28. The zero-order valence-corrected chi connectivity index (χ0v) is 7.54. The lowest BCUT2D eigenvalue weighted by molar-refractivity contribution is -0.147. The molecule has 1 atom stereocenters. The molecule has 0 fully saturated rings. The maximum atomic E-state index is 11.4. The van der Waals surface area contributed by atoms with Gasteiger partial charge in [-0.25, -0.2) is 0 Å². The van der Waals surface area contributed by atoms with Crippen molar-refractivity contribution in [2.75, 3.05) is 6.61 Å². The van der Waals surface area contributed by atoms with Gasteiger partial charge in [-0.15, -0.1) is 0 Å². The quantitative estimate of drug-likeness (QED) is 0.681. The van der Waals surface area contributed by atoms with Gasteiger partial charge in [0.25, 0.3) is 0 Å². The van der Waals surface area contributed by atoms with Crippen LogP contribution in [-0.2, 0) is 22.4 Å². The summed E-state index contributed by atoms with van der Waals surface area (Å²) in [7, 11) is 0. The topological polar surface area (TPSA) is 55.0 Å². The summed E-state index contributed by atoms with van der Waals surface area (Å²) in [5.74, 6) is -0.104. The maximum absolute atomic E-state index is 11.4. The third-order valence-electron chi connectivity index (χ3n) is 2.33. The van der Waals surface area contributed by atoms with Crippen LogP contribution in [0.15, 0.2) is 6.20 Å². The summed E-state index contributed by atoms with van der Waals surface area (Å²) in [5.41, 5.74) is 2.16. The monoisotopic (exact) mass is 180 g/mol. The molecular formula is C9H12N2O2. The first-order chi connectivity index (χ1) is 6.31. The molecule has 0 bridgehead atoms. The van der Waals surface area contributed by atoms with Crippen molar-refractivity contribution in [3.8, 4) is 0 Å². The fraction of sp³-hybridized carbons (Fsp3) is 0.556. The molecule has 1 aromatic heterocycles. The Balaban J connectivity index is 2.01. The Kier molecular flexibility index (Phi) is 2.04. The average molecular weight is 180 g/mol. The van der Waals surface area contributed by atoms with Gasteiger partial charge >= 0.3 is 5.97 Å². The minimum absolute atomic E-state index is 0.00736. The highest BCUT2D eigenvalue weighted by molar-refractivity contribution is 5.74. The van der Waals surface area contributed by atoms with Gasteiger partial charge in [-0.2, -0.15) is 5.10 Å². The lowest BCUT2D eigenvalue weighted by Gasteiger charge is -2.06. The predicted octanol–water partition coefficient (Wildman–Crippen LogP) is 0.688. The Morgan fingerprint density at radius 3 is 3.31 bits per heavy atom. The van der Waals surface area contributed by atoms with Gasteiger partial charge in [0.05, 0.1) is 18.2 Å². The Labute approximate surface area is 76.3 Å². The number of aromatic amines is 1. The van der Waals surface area contributed by atoms with E-state index in [9.17, 15) is 4.79 Å². The second kappa shape index (κ2) is 3.20. The van der Waals surface area contributed by atoms with Crippen LogP contribution in [0.5, 0.6) is 0 Å². The minimum atomic E-state index is -0.0968.